The van der Waals surface area contributed by atoms with Crippen LogP contribution in [0.4, 0.5) is 4.79 Å². The van der Waals surface area contributed by atoms with Gasteiger partial charge in [0.15, 0.2) is 0 Å². The highest BCUT2D eigenvalue weighted by molar-refractivity contribution is 6.44. The van der Waals surface area contributed by atoms with E-state index < -0.39 is 17.8 Å². The molecule has 1 rings (SSSR count). The van der Waals surface area contributed by atoms with E-state index in [1.54, 1.807) is 6.92 Å². The number of urea groups is 1. The zero-order chi connectivity index (χ0) is 11.4. The van der Waals surface area contributed by atoms with Gasteiger partial charge in [-0.15, -0.1) is 0 Å². The Kier molecular flexibility index (Phi) is 3.82. The summed E-state index contributed by atoms with van der Waals surface area (Å²) in [6.07, 6.45) is 3.87. The van der Waals surface area contributed by atoms with Gasteiger partial charge in [0, 0.05) is 6.04 Å². The smallest absolute Gasteiger partial charge is 0.269 e. The van der Waals surface area contributed by atoms with Gasteiger partial charge in [0.25, 0.3) is 0 Å². The van der Waals surface area contributed by atoms with Crippen molar-refractivity contribution >= 4 is 17.8 Å². The summed E-state index contributed by atoms with van der Waals surface area (Å²) >= 11 is 0. The fourth-order valence-corrected chi connectivity index (χ4v) is 1.63. The van der Waals surface area contributed by atoms with Gasteiger partial charge < -0.3 is 0 Å². The molecule has 1 fully saturated rings. The highest BCUT2D eigenvalue weighted by atomic mass is 16.2. The van der Waals surface area contributed by atoms with Gasteiger partial charge in [-0.1, -0.05) is 26.2 Å². The van der Waals surface area contributed by atoms with Crippen LogP contribution in [0.25, 0.3) is 0 Å². The third kappa shape index (κ3) is 2.55. The molecule has 1 N–H and O–H groups in total. The Bertz CT molecular complexity index is 288. The lowest BCUT2D eigenvalue weighted by Gasteiger charge is -2.19. The summed E-state index contributed by atoms with van der Waals surface area (Å²) in [5, 5.41) is 1.99. The van der Waals surface area contributed by atoms with Crippen molar-refractivity contribution < 1.29 is 14.4 Å². The molecule has 4 amide bonds. The molecule has 0 saturated carbocycles. The standard InChI is InChI=1S/C10H16N2O3/c1-3-4-5-6-7(2)12-9(14)8(13)11-10(12)15/h7H,3-6H2,1-2H3,(H,11,13,15). The number of nitrogens with one attached hydrogen (secondary N) is 1. The number of hydrogen-bond donors (Lipinski definition) is 1. The van der Waals surface area contributed by atoms with Gasteiger partial charge in [-0.3, -0.25) is 19.8 Å². The molecule has 0 radical (unpaired) electrons. The number of unbranched alkanes of at least 4 members (excludes halogenated alkanes) is 2. The first-order valence-electron chi connectivity index (χ1n) is 5.26. The average Bonchev–Trinajstić information content (AvgIpc) is 2.41. The number of amides is 4. The maximum atomic E-state index is 11.3. The SMILES string of the molecule is CCCCCC(C)N1C(=O)NC(=O)C1=O. The largest absolute Gasteiger partial charge is 0.331 e. The molecule has 15 heavy (non-hydrogen) atoms. The normalized spacial score (nSPS) is 18.3. The van der Waals surface area contributed by atoms with Crippen LogP contribution in [-0.2, 0) is 9.59 Å². The molecule has 5 heteroatoms. The van der Waals surface area contributed by atoms with Crippen molar-refractivity contribution in [1.82, 2.24) is 10.2 Å². The molecule has 1 saturated heterocycles. The Balaban J connectivity index is 2.51. The van der Waals surface area contributed by atoms with Gasteiger partial charge >= 0.3 is 17.8 Å². The summed E-state index contributed by atoms with van der Waals surface area (Å²) in [7, 11) is 0. The van der Waals surface area contributed by atoms with Crippen LogP contribution in [0.2, 0.25) is 0 Å². The highest BCUT2D eigenvalue weighted by Crippen LogP contribution is 2.13. The lowest BCUT2D eigenvalue weighted by atomic mass is 10.1. The summed E-state index contributed by atoms with van der Waals surface area (Å²) in [5.74, 6) is -1.55. The van der Waals surface area contributed by atoms with Crippen molar-refractivity contribution in [2.45, 2.75) is 45.6 Å². The van der Waals surface area contributed by atoms with Crippen molar-refractivity contribution in [3.63, 3.8) is 0 Å². The highest BCUT2D eigenvalue weighted by Gasteiger charge is 2.39. The quantitative estimate of drug-likeness (QED) is 0.420. The topological polar surface area (TPSA) is 66.5 Å². The van der Waals surface area contributed by atoms with E-state index in [2.05, 4.69) is 6.92 Å². The van der Waals surface area contributed by atoms with Crippen LogP contribution in [0.15, 0.2) is 0 Å². The molecule has 1 aliphatic heterocycles. The molecular formula is C10H16N2O3. The Morgan fingerprint density at radius 1 is 1.27 bits per heavy atom. The van der Waals surface area contributed by atoms with Gasteiger partial charge in [0.1, 0.15) is 0 Å². The molecule has 5 nitrogen and oxygen atoms in total. The predicted molar refractivity (Wildman–Crippen MR) is 54.0 cm³/mol. The van der Waals surface area contributed by atoms with Crippen LogP contribution in [0.5, 0.6) is 0 Å². The molecule has 0 aromatic carbocycles. The number of imide groups is 2. The third-order valence-electron chi connectivity index (χ3n) is 2.52. The van der Waals surface area contributed by atoms with Crippen molar-refractivity contribution in [3.8, 4) is 0 Å². The molecule has 1 heterocycles. The van der Waals surface area contributed by atoms with Crippen LogP contribution in [0.3, 0.4) is 0 Å². The van der Waals surface area contributed by atoms with Gasteiger partial charge in [0.2, 0.25) is 0 Å². The van der Waals surface area contributed by atoms with Gasteiger partial charge in [-0.2, -0.15) is 0 Å². The Labute approximate surface area is 88.8 Å². The van der Waals surface area contributed by atoms with E-state index in [9.17, 15) is 14.4 Å². The van der Waals surface area contributed by atoms with E-state index in [0.29, 0.717) is 0 Å². The first-order valence-corrected chi connectivity index (χ1v) is 5.26. The Morgan fingerprint density at radius 2 is 1.93 bits per heavy atom. The minimum absolute atomic E-state index is 0.199. The van der Waals surface area contributed by atoms with E-state index in [4.69, 9.17) is 0 Å². The zero-order valence-electron chi connectivity index (χ0n) is 9.08. The molecular weight excluding hydrogens is 196 g/mol. The molecule has 0 aromatic heterocycles. The second kappa shape index (κ2) is 4.91. The van der Waals surface area contributed by atoms with Crippen LogP contribution in [0, 0.1) is 0 Å². The number of hydrogen-bond acceptors (Lipinski definition) is 3. The lowest BCUT2D eigenvalue weighted by Crippen LogP contribution is -2.38. The third-order valence-corrected chi connectivity index (χ3v) is 2.52. The number of carbonyl (C=O) groups is 3. The summed E-state index contributed by atoms with van der Waals surface area (Å²) in [6.45, 7) is 3.87. The fourth-order valence-electron chi connectivity index (χ4n) is 1.63. The first-order chi connectivity index (χ1) is 7.07. The van der Waals surface area contributed by atoms with Crippen molar-refractivity contribution in [2.24, 2.45) is 0 Å². The van der Waals surface area contributed by atoms with Crippen molar-refractivity contribution in [2.75, 3.05) is 0 Å². The van der Waals surface area contributed by atoms with Crippen LogP contribution in [-0.4, -0.2) is 28.8 Å². The molecule has 0 spiro atoms. The van der Waals surface area contributed by atoms with E-state index in [1.807, 2.05) is 5.32 Å². The summed E-state index contributed by atoms with van der Waals surface area (Å²) < 4.78 is 0. The maximum absolute atomic E-state index is 11.3. The van der Waals surface area contributed by atoms with E-state index >= 15 is 0 Å². The zero-order valence-corrected chi connectivity index (χ0v) is 9.08. The predicted octanol–water partition coefficient (Wildman–Crippen LogP) is 1.03. The van der Waals surface area contributed by atoms with Crippen LogP contribution < -0.4 is 5.32 Å². The van der Waals surface area contributed by atoms with Gasteiger partial charge in [-0.05, 0) is 13.3 Å². The van der Waals surface area contributed by atoms with Crippen LogP contribution >= 0.6 is 0 Å². The molecule has 1 unspecified atom stereocenters. The summed E-state index contributed by atoms with van der Waals surface area (Å²) in [4.78, 5) is 34.4. The summed E-state index contributed by atoms with van der Waals surface area (Å²) in [6, 6.07) is -0.788. The van der Waals surface area contributed by atoms with Crippen molar-refractivity contribution in [3.05, 3.63) is 0 Å². The minimum Gasteiger partial charge on any atom is -0.269 e. The van der Waals surface area contributed by atoms with Gasteiger partial charge in [-0.25, -0.2) is 4.79 Å². The van der Waals surface area contributed by atoms with Crippen LogP contribution in [0.1, 0.15) is 39.5 Å². The summed E-state index contributed by atoms with van der Waals surface area (Å²) in [5.41, 5.74) is 0. The molecule has 1 aliphatic rings. The fraction of sp³-hybridized carbons (Fsp3) is 0.700. The first kappa shape index (κ1) is 11.7. The second-order valence-corrected chi connectivity index (χ2v) is 3.78. The van der Waals surface area contributed by atoms with Crippen molar-refractivity contribution in [1.29, 1.82) is 0 Å². The van der Waals surface area contributed by atoms with E-state index in [1.165, 1.54) is 0 Å². The number of nitrogens with zero attached hydrogens (tertiary/aromatic N) is 1. The molecule has 0 aromatic rings. The molecule has 84 valence electrons. The monoisotopic (exact) mass is 212 g/mol. The maximum Gasteiger partial charge on any atom is 0.331 e. The number of rotatable bonds is 5. The van der Waals surface area contributed by atoms with Gasteiger partial charge in [0.05, 0.1) is 0 Å². The molecule has 1 atom stereocenters. The minimum atomic E-state index is -0.817. The molecule has 0 aliphatic carbocycles. The Morgan fingerprint density at radius 3 is 2.40 bits per heavy atom. The van der Waals surface area contributed by atoms with E-state index in [0.717, 1.165) is 30.6 Å². The lowest BCUT2D eigenvalue weighted by molar-refractivity contribution is -0.141. The second-order valence-electron chi connectivity index (χ2n) is 3.78. The van der Waals surface area contributed by atoms with E-state index in [-0.39, 0.29) is 6.04 Å². The Hall–Kier alpha value is -1.39. The average molecular weight is 212 g/mol. The molecule has 0 bridgehead atoms. The number of carbonyl (C=O) groups excluding carboxylic acids is 3.